The van der Waals surface area contributed by atoms with E-state index >= 15 is 0 Å². The molecule has 0 spiro atoms. The van der Waals surface area contributed by atoms with E-state index in [1.165, 1.54) is 0 Å². The number of likely N-dealkylation sites (tertiary alicyclic amines) is 1. The van der Waals surface area contributed by atoms with Gasteiger partial charge in [0.15, 0.2) is 6.61 Å². The fourth-order valence-corrected chi connectivity index (χ4v) is 4.41. The van der Waals surface area contributed by atoms with Gasteiger partial charge in [-0.1, -0.05) is 30.3 Å². The normalized spacial score (nSPS) is 17.6. The fourth-order valence-electron chi connectivity index (χ4n) is 4.41. The number of nitrogens with one attached hydrogen (secondary N) is 2. The first-order chi connectivity index (χ1) is 17.5. The molecule has 2 N–H and O–H groups in total. The Morgan fingerprint density at radius 2 is 1.56 bits per heavy atom. The number of hydrazone groups is 1. The highest BCUT2D eigenvalue weighted by atomic mass is 16.5. The lowest BCUT2D eigenvalue weighted by atomic mass is 9.97. The lowest BCUT2D eigenvalue weighted by molar-refractivity contribution is -0.139. The highest BCUT2D eigenvalue weighted by Crippen LogP contribution is 2.23. The zero-order chi connectivity index (χ0) is 25.3. The summed E-state index contributed by atoms with van der Waals surface area (Å²) in [5.74, 6) is 0.215. The number of hydrogen-bond acceptors (Lipinski definition) is 5. The average Bonchev–Trinajstić information content (AvgIpc) is 2.89. The van der Waals surface area contributed by atoms with Gasteiger partial charge in [-0.2, -0.15) is 5.10 Å². The molecular formula is C29H32N4O3. The van der Waals surface area contributed by atoms with Crippen LogP contribution in [0.4, 0.5) is 11.4 Å². The van der Waals surface area contributed by atoms with Crippen LogP contribution in [-0.4, -0.2) is 41.6 Å². The molecule has 2 amide bonds. The number of anilines is 2. The predicted octanol–water partition coefficient (Wildman–Crippen LogP) is 5.36. The lowest BCUT2D eigenvalue weighted by Gasteiger charge is -2.38. The van der Waals surface area contributed by atoms with Gasteiger partial charge in [0.1, 0.15) is 5.75 Å². The van der Waals surface area contributed by atoms with Crippen molar-refractivity contribution >= 4 is 29.4 Å². The molecule has 0 aromatic heterocycles. The second-order valence-electron chi connectivity index (χ2n) is 9.06. The van der Waals surface area contributed by atoms with Gasteiger partial charge in [-0.05, 0) is 87.2 Å². The van der Waals surface area contributed by atoms with Crippen molar-refractivity contribution in [2.24, 2.45) is 5.10 Å². The molecule has 7 nitrogen and oxygen atoms in total. The number of amides is 2. The Balaban J connectivity index is 1.24. The maximum atomic E-state index is 12.6. The second kappa shape index (κ2) is 12.0. The van der Waals surface area contributed by atoms with E-state index in [9.17, 15) is 9.59 Å². The van der Waals surface area contributed by atoms with E-state index < -0.39 is 0 Å². The first-order valence-corrected chi connectivity index (χ1v) is 12.3. The zero-order valence-electron chi connectivity index (χ0n) is 20.7. The van der Waals surface area contributed by atoms with Crippen LogP contribution in [0.25, 0.3) is 0 Å². The first kappa shape index (κ1) is 25.0. The number of ether oxygens (including phenoxy) is 1. The summed E-state index contributed by atoms with van der Waals surface area (Å²) in [7, 11) is 0. The third-order valence-electron chi connectivity index (χ3n) is 6.31. The minimum absolute atomic E-state index is 0.00487. The standard InChI is InChI=1S/C29H32N4O3/c1-21-7-6-8-22(2)33(21)28(34)20-36-27-17-13-24(14-18-27)29(35)32-30-19-23-11-15-26(16-12-23)31-25-9-4-3-5-10-25/h3-5,9-19,21-22,31H,6-8,20H2,1-2H3,(H,32,35)/b30-19-/t21-,22-/m0/s1. The largest absolute Gasteiger partial charge is 0.484 e. The molecule has 0 unspecified atom stereocenters. The van der Waals surface area contributed by atoms with Crippen molar-refractivity contribution in [3.05, 3.63) is 90.0 Å². The molecule has 1 aliphatic rings. The van der Waals surface area contributed by atoms with Crippen molar-refractivity contribution in [2.45, 2.75) is 45.2 Å². The molecule has 0 saturated carbocycles. The molecule has 0 radical (unpaired) electrons. The molecule has 3 aromatic carbocycles. The lowest BCUT2D eigenvalue weighted by Crippen LogP contribution is -2.49. The van der Waals surface area contributed by atoms with Crippen molar-refractivity contribution in [3.8, 4) is 5.75 Å². The molecule has 4 rings (SSSR count). The van der Waals surface area contributed by atoms with Crippen LogP contribution < -0.4 is 15.5 Å². The molecule has 36 heavy (non-hydrogen) atoms. The number of hydrogen-bond donors (Lipinski definition) is 2. The van der Waals surface area contributed by atoms with Crippen LogP contribution in [0.2, 0.25) is 0 Å². The van der Waals surface area contributed by atoms with E-state index in [4.69, 9.17) is 4.74 Å². The van der Waals surface area contributed by atoms with Gasteiger partial charge in [-0.3, -0.25) is 9.59 Å². The number of para-hydroxylation sites is 1. The molecule has 3 aromatic rings. The van der Waals surface area contributed by atoms with Gasteiger partial charge in [0.2, 0.25) is 0 Å². The molecule has 0 bridgehead atoms. The van der Waals surface area contributed by atoms with Crippen molar-refractivity contribution in [1.82, 2.24) is 10.3 Å². The summed E-state index contributed by atoms with van der Waals surface area (Å²) in [6.45, 7) is 4.16. The van der Waals surface area contributed by atoms with E-state index in [0.717, 1.165) is 36.2 Å². The van der Waals surface area contributed by atoms with Crippen molar-refractivity contribution in [2.75, 3.05) is 11.9 Å². The van der Waals surface area contributed by atoms with Crippen molar-refractivity contribution < 1.29 is 14.3 Å². The quantitative estimate of drug-likeness (QED) is 0.333. The van der Waals surface area contributed by atoms with Crippen LogP contribution in [0.15, 0.2) is 84.0 Å². The summed E-state index contributed by atoms with van der Waals surface area (Å²) < 4.78 is 5.68. The molecule has 1 heterocycles. The monoisotopic (exact) mass is 484 g/mol. The third kappa shape index (κ3) is 6.72. The Bertz CT molecular complexity index is 1170. The highest BCUT2D eigenvalue weighted by Gasteiger charge is 2.28. The van der Waals surface area contributed by atoms with Gasteiger partial charge in [0.05, 0.1) is 6.21 Å². The van der Waals surface area contributed by atoms with Gasteiger partial charge in [0, 0.05) is 29.0 Å². The predicted molar refractivity (Wildman–Crippen MR) is 143 cm³/mol. The Hall–Kier alpha value is -4.13. The second-order valence-corrected chi connectivity index (χ2v) is 9.06. The summed E-state index contributed by atoms with van der Waals surface area (Å²) in [4.78, 5) is 27.0. The van der Waals surface area contributed by atoms with Crippen LogP contribution in [0.3, 0.4) is 0 Å². The summed E-state index contributed by atoms with van der Waals surface area (Å²) in [5, 5.41) is 7.37. The van der Waals surface area contributed by atoms with Crippen LogP contribution in [0.1, 0.15) is 49.0 Å². The van der Waals surface area contributed by atoms with Crippen LogP contribution >= 0.6 is 0 Å². The molecule has 1 saturated heterocycles. The SMILES string of the molecule is C[C@H]1CCC[C@H](C)N1C(=O)COc1ccc(C(=O)N/N=C\c2ccc(Nc3ccccc3)cc2)cc1. The van der Waals surface area contributed by atoms with E-state index in [-0.39, 0.29) is 30.5 Å². The highest BCUT2D eigenvalue weighted by molar-refractivity contribution is 5.95. The number of carbonyl (C=O) groups excluding carboxylic acids is 2. The number of benzene rings is 3. The Morgan fingerprint density at radius 3 is 2.22 bits per heavy atom. The smallest absolute Gasteiger partial charge is 0.271 e. The van der Waals surface area contributed by atoms with E-state index in [1.807, 2.05) is 59.5 Å². The zero-order valence-corrected chi connectivity index (χ0v) is 20.7. The van der Waals surface area contributed by atoms with Crippen molar-refractivity contribution in [3.63, 3.8) is 0 Å². The third-order valence-corrected chi connectivity index (χ3v) is 6.31. The molecule has 2 atom stereocenters. The van der Waals surface area contributed by atoms with E-state index in [0.29, 0.717) is 11.3 Å². The minimum atomic E-state index is -0.327. The maximum absolute atomic E-state index is 12.6. The average molecular weight is 485 g/mol. The van der Waals surface area contributed by atoms with Crippen molar-refractivity contribution in [1.29, 1.82) is 0 Å². The van der Waals surface area contributed by atoms with Gasteiger partial charge in [-0.25, -0.2) is 5.43 Å². The Kier molecular flexibility index (Phi) is 8.34. The Labute approximate surface area is 212 Å². The topological polar surface area (TPSA) is 83.0 Å². The van der Waals surface area contributed by atoms with E-state index in [1.54, 1.807) is 30.5 Å². The van der Waals surface area contributed by atoms with E-state index in [2.05, 4.69) is 29.7 Å². The molecule has 186 valence electrons. The minimum Gasteiger partial charge on any atom is -0.484 e. The molecular weight excluding hydrogens is 452 g/mol. The molecule has 1 aliphatic heterocycles. The van der Waals surface area contributed by atoms with Gasteiger partial charge < -0.3 is 15.0 Å². The molecule has 7 heteroatoms. The summed E-state index contributed by atoms with van der Waals surface area (Å²) >= 11 is 0. The summed E-state index contributed by atoms with van der Waals surface area (Å²) in [6.07, 6.45) is 4.80. The number of nitrogens with zero attached hydrogens (tertiary/aromatic N) is 2. The van der Waals surface area contributed by atoms with Gasteiger partial charge in [0.25, 0.3) is 11.8 Å². The van der Waals surface area contributed by atoms with Gasteiger partial charge >= 0.3 is 0 Å². The first-order valence-electron chi connectivity index (χ1n) is 12.3. The fraction of sp³-hybridized carbons (Fsp3) is 0.276. The molecule has 0 aliphatic carbocycles. The van der Waals surface area contributed by atoms with Crippen LogP contribution in [-0.2, 0) is 4.79 Å². The Morgan fingerprint density at radius 1 is 0.917 bits per heavy atom. The van der Waals surface area contributed by atoms with Crippen LogP contribution in [0, 0.1) is 0 Å². The number of piperidine rings is 1. The number of rotatable bonds is 8. The van der Waals surface area contributed by atoms with Crippen LogP contribution in [0.5, 0.6) is 5.75 Å². The number of carbonyl (C=O) groups is 2. The maximum Gasteiger partial charge on any atom is 0.271 e. The molecule has 1 fully saturated rings. The van der Waals surface area contributed by atoms with Gasteiger partial charge in [-0.15, -0.1) is 0 Å². The summed E-state index contributed by atoms with van der Waals surface area (Å²) in [6, 6.07) is 24.8. The summed E-state index contributed by atoms with van der Waals surface area (Å²) in [5.41, 5.74) is 5.83.